The number of aryl methyl sites for hydroxylation is 1. The minimum atomic E-state index is -0.145. The number of carbonyl (C=O) groups is 1. The van der Waals surface area contributed by atoms with Gasteiger partial charge in [-0.15, -0.1) is 5.10 Å². The van der Waals surface area contributed by atoms with Crippen molar-refractivity contribution < 1.29 is 4.79 Å². The molecule has 8 heteroatoms. The summed E-state index contributed by atoms with van der Waals surface area (Å²) in [5.41, 5.74) is 3.16. The van der Waals surface area contributed by atoms with Crippen molar-refractivity contribution in [2.24, 2.45) is 0 Å². The largest absolute Gasteiger partial charge is 0.347 e. The van der Waals surface area contributed by atoms with Crippen molar-refractivity contribution >= 4 is 41.0 Å². The number of hydrogen-bond acceptors (Lipinski definition) is 4. The number of rotatable bonds is 6. The number of nitrogens with zero attached hydrogens (tertiary/aromatic N) is 3. The first-order valence-electron chi connectivity index (χ1n) is 11.1. The molecule has 0 bridgehead atoms. The summed E-state index contributed by atoms with van der Waals surface area (Å²) in [6, 6.07) is 25.3. The second-order valence-corrected chi connectivity index (χ2v) is 9.10. The molecule has 4 aromatic rings. The van der Waals surface area contributed by atoms with Gasteiger partial charge in [-0.25, -0.2) is 4.68 Å². The van der Waals surface area contributed by atoms with Gasteiger partial charge in [0, 0.05) is 16.5 Å². The highest BCUT2D eigenvalue weighted by Crippen LogP contribution is 2.40. The van der Waals surface area contributed by atoms with Gasteiger partial charge in [0.25, 0.3) is 5.95 Å². The quantitative estimate of drug-likeness (QED) is 0.331. The van der Waals surface area contributed by atoms with Gasteiger partial charge in [-0.05, 0) is 47.7 Å². The number of hydrogen-bond donors (Lipinski definition) is 2. The van der Waals surface area contributed by atoms with Crippen LogP contribution in [0.25, 0.3) is 0 Å². The Bertz CT molecular complexity index is 1290. The van der Waals surface area contributed by atoms with Gasteiger partial charge in [0.2, 0.25) is 11.9 Å². The van der Waals surface area contributed by atoms with E-state index in [0.29, 0.717) is 35.3 Å². The molecule has 0 fully saturated rings. The monoisotopic (exact) mass is 491 g/mol. The van der Waals surface area contributed by atoms with Crippen molar-refractivity contribution in [1.29, 1.82) is 0 Å². The summed E-state index contributed by atoms with van der Waals surface area (Å²) >= 11 is 12.6. The van der Waals surface area contributed by atoms with E-state index >= 15 is 0 Å². The molecule has 0 radical (unpaired) electrons. The Hall–Kier alpha value is -3.35. The summed E-state index contributed by atoms with van der Waals surface area (Å²) in [7, 11) is 0. The molecule has 2 heterocycles. The smallest absolute Gasteiger partial charge is 0.250 e. The molecule has 2 unspecified atom stereocenters. The number of anilines is 2. The van der Waals surface area contributed by atoms with Crippen molar-refractivity contribution in [3.05, 3.63) is 106 Å². The number of halogens is 2. The van der Waals surface area contributed by atoms with Crippen LogP contribution in [0.15, 0.2) is 78.9 Å². The molecule has 1 aromatic heterocycles. The lowest BCUT2D eigenvalue weighted by Gasteiger charge is -2.32. The highest BCUT2D eigenvalue weighted by atomic mass is 35.5. The van der Waals surface area contributed by atoms with Gasteiger partial charge in [0.15, 0.2) is 0 Å². The fourth-order valence-electron chi connectivity index (χ4n) is 4.24. The summed E-state index contributed by atoms with van der Waals surface area (Å²) in [5, 5.41) is 12.3. The molecule has 1 amide bonds. The highest BCUT2D eigenvalue weighted by Gasteiger charge is 2.32. The number of carbonyl (C=O) groups excluding carboxylic acids is 1. The van der Waals surface area contributed by atoms with Gasteiger partial charge in [0.1, 0.15) is 0 Å². The lowest BCUT2D eigenvalue weighted by molar-refractivity contribution is -0.116. The van der Waals surface area contributed by atoms with Crippen LogP contribution in [0.4, 0.5) is 11.9 Å². The molecule has 172 valence electrons. The van der Waals surface area contributed by atoms with Crippen molar-refractivity contribution in [3.63, 3.8) is 0 Å². The first-order chi connectivity index (χ1) is 16.6. The average molecular weight is 492 g/mol. The van der Waals surface area contributed by atoms with Crippen molar-refractivity contribution in [1.82, 2.24) is 14.8 Å². The zero-order valence-corrected chi connectivity index (χ0v) is 19.8. The third kappa shape index (κ3) is 4.93. The van der Waals surface area contributed by atoms with Crippen LogP contribution in [-0.4, -0.2) is 20.7 Å². The van der Waals surface area contributed by atoms with E-state index < -0.39 is 0 Å². The first kappa shape index (κ1) is 22.4. The molecular formula is C26H23Cl2N5O. The van der Waals surface area contributed by atoms with Crippen LogP contribution in [0.3, 0.4) is 0 Å². The van der Waals surface area contributed by atoms with Crippen molar-refractivity contribution in [2.45, 2.75) is 31.3 Å². The molecule has 0 aliphatic carbocycles. The Kier molecular flexibility index (Phi) is 6.52. The van der Waals surface area contributed by atoms with Crippen LogP contribution < -0.4 is 10.6 Å². The van der Waals surface area contributed by atoms with E-state index in [2.05, 4.69) is 20.7 Å². The Morgan fingerprint density at radius 2 is 1.74 bits per heavy atom. The lowest BCUT2D eigenvalue weighted by atomic mass is 9.93. The van der Waals surface area contributed by atoms with E-state index in [1.54, 1.807) is 4.68 Å². The molecule has 3 aromatic carbocycles. The lowest BCUT2D eigenvalue weighted by Crippen LogP contribution is -2.28. The van der Waals surface area contributed by atoms with Crippen LogP contribution in [0, 0.1) is 0 Å². The Morgan fingerprint density at radius 3 is 2.50 bits per heavy atom. The first-order valence-corrected chi connectivity index (χ1v) is 11.9. The van der Waals surface area contributed by atoms with Gasteiger partial charge in [-0.2, -0.15) is 4.98 Å². The second-order valence-electron chi connectivity index (χ2n) is 8.26. The van der Waals surface area contributed by atoms with E-state index in [1.807, 2.05) is 78.9 Å². The SMILES string of the molecule is O=C(CCc1ccccc1)Nc1nc2n(n1)C(c1ccccc1Cl)CC(c1ccc(Cl)cc1)N2. The van der Waals surface area contributed by atoms with Crippen LogP contribution in [0.5, 0.6) is 0 Å². The predicted molar refractivity (Wildman–Crippen MR) is 135 cm³/mol. The number of nitrogens with one attached hydrogen (secondary N) is 2. The fourth-order valence-corrected chi connectivity index (χ4v) is 4.63. The van der Waals surface area contributed by atoms with Crippen LogP contribution in [0.2, 0.25) is 10.0 Å². The third-order valence-electron chi connectivity index (χ3n) is 5.96. The standard InChI is InChI=1S/C26H23Cl2N5O/c27-19-13-11-18(12-14-19)22-16-23(20-8-4-5-9-21(20)28)33-26(29-22)31-25(32-33)30-24(34)15-10-17-6-2-1-3-7-17/h1-9,11-14,22-23H,10,15-16H2,(H2,29,30,31,32,34). The predicted octanol–water partition coefficient (Wildman–Crippen LogP) is 6.30. The van der Waals surface area contributed by atoms with Crippen molar-refractivity contribution in [3.8, 4) is 0 Å². The molecule has 2 atom stereocenters. The summed E-state index contributed by atoms with van der Waals surface area (Å²) in [6.45, 7) is 0. The minimum absolute atomic E-state index is 0.0168. The molecule has 0 saturated heterocycles. The molecular weight excluding hydrogens is 469 g/mol. The van der Waals surface area contributed by atoms with E-state index in [4.69, 9.17) is 23.2 Å². The normalized spacial score (nSPS) is 17.0. The zero-order chi connectivity index (χ0) is 23.5. The van der Waals surface area contributed by atoms with Gasteiger partial charge < -0.3 is 5.32 Å². The summed E-state index contributed by atoms with van der Waals surface area (Å²) in [5.74, 6) is 0.721. The number of fused-ring (bicyclic) bond motifs is 1. The van der Waals surface area contributed by atoms with Crippen LogP contribution in [0.1, 0.15) is 41.6 Å². The summed E-state index contributed by atoms with van der Waals surface area (Å²) in [6.07, 6.45) is 1.71. The Labute approximate surface area is 207 Å². The van der Waals surface area contributed by atoms with E-state index in [0.717, 1.165) is 16.7 Å². The fraction of sp³-hybridized carbons (Fsp3) is 0.192. The number of benzene rings is 3. The van der Waals surface area contributed by atoms with E-state index in [1.165, 1.54) is 0 Å². The molecule has 0 saturated carbocycles. The van der Waals surface area contributed by atoms with Crippen molar-refractivity contribution in [2.75, 3.05) is 10.6 Å². The summed E-state index contributed by atoms with van der Waals surface area (Å²) in [4.78, 5) is 17.2. The van der Waals surface area contributed by atoms with E-state index in [9.17, 15) is 4.79 Å². The van der Waals surface area contributed by atoms with Crippen LogP contribution >= 0.6 is 23.2 Å². The molecule has 6 nitrogen and oxygen atoms in total. The van der Waals surface area contributed by atoms with Gasteiger partial charge in [-0.3, -0.25) is 10.1 Å². The molecule has 1 aliphatic heterocycles. The van der Waals surface area contributed by atoms with E-state index in [-0.39, 0.29) is 23.9 Å². The number of amides is 1. The number of aromatic nitrogens is 3. The maximum atomic E-state index is 12.6. The maximum Gasteiger partial charge on any atom is 0.250 e. The average Bonchev–Trinajstić information content (AvgIpc) is 3.26. The maximum absolute atomic E-state index is 12.6. The Balaban J connectivity index is 1.40. The minimum Gasteiger partial charge on any atom is -0.347 e. The molecule has 5 rings (SSSR count). The Morgan fingerprint density at radius 1 is 1.00 bits per heavy atom. The molecule has 0 spiro atoms. The summed E-state index contributed by atoms with van der Waals surface area (Å²) < 4.78 is 1.81. The third-order valence-corrected chi connectivity index (χ3v) is 6.56. The second kappa shape index (κ2) is 9.87. The van der Waals surface area contributed by atoms with Gasteiger partial charge in [-0.1, -0.05) is 83.9 Å². The zero-order valence-electron chi connectivity index (χ0n) is 18.3. The molecule has 2 N–H and O–H groups in total. The van der Waals surface area contributed by atoms with Gasteiger partial charge in [0.05, 0.1) is 12.1 Å². The highest BCUT2D eigenvalue weighted by molar-refractivity contribution is 6.31. The topological polar surface area (TPSA) is 71.8 Å². The molecule has 1 aliphatic rings. The van der Waals surface area contributed by atoms with Crippen LogP contribution in [-0.2, 0) is 11.2 Å². The molecule has 34 heavy (non-hydrogen) atoms. The van der Waals surface area contributed by atoms with Gasteiger partial charge >= 0.3 is 0 Å².